The first-order valence-corrected chi connectivity index (χ1v) is 7.10. The summed E-state index contributed by atoms with van der Waals surface area (Å²) in [5, 5.41) is 3.73. The van der Waals surface area contributed by atoms with E-state index < -0.39 is 0 Å². The number of benzene rings is 1. The predicted molar refractivity (Wildman–Crippen MR) is 69.8 cm³/mol. The van der Waals surface area contributed by atoms with Crippen LogP contribution in [0.25, 0.3) is 0 Å². The van der Waals surface area contributed by atoms with Gasteiger partial charge in [0.2, 0.25) is 0 Å². The normalized spacial score (nSPS) is 30.1. The molecule has 2 atom stereocenters. The SMILES string of the molecule is CC1(C)CC1CNC1CSc2ccccc21. The van der Waals surface area contributed by atoms with Gasteiger partial charge in [-0.15, -0.1) is 11.8 Å². The summed E-state index contributed by atoms with van der Waals surface area (Å²) in [7, 11) is 0. The van der Waals surface area contributed by atoms with E-state index >= 15 is 0 Å². The maximum absolute atomic E-state index is 3.73. The fourth-order valence-electron chi connectivity index (χ4n) is 2.54. The molecule has 1 heterocycles. The molecule has 1 fully saturated rings. The Hall–Kier alpha value is -0.470. The molecular weight excluding hydrogens is 214 g/mol. The summed E-state index contributed by atoms with van der Waals surface area (Å²) < 4.78 is 0. The molecule has 0 bridgehead atoms. The molecule has 3 rings (SSSR count). The van der Waals surface area contributed by atoms with Crippen LogP contribution in [0.3, 0.4) is 0 Å². The lowest BCUT2D eigenvalue weighted by molar-refractivity contribution is 0.488. The number of hydrogen-bond acceptors (Lipinski definition) is 2. The molecule has 2 heteroatoms. The van der Waals surface area contributed by atoms with Gasteiger partial charge >= 0.3 is 0 Å². The van der Waals surface area contributed by atoms with E-state index in [1.165, 1.54) is 29.2 Å². The maximum atomic E-state index is 3.73. The van der Waals surface area contributed by atoms with Crippen LogP contribution in [0.1, 0.15) is 31.9 Å². The van der Waals surface area contributed by atoms with Crippen LogP contribution in [0.4, 0.5) is 0 Å². The lowest BCUT2D eigenvalue weighted by atomic mass is 10.1. The van der Waals surface area contributed by atoms with Crippen LogP contribution in [-0.4, -0.2) is 12.3 Å². The molecule has 0 aromatic heterocycles. The highest BCUT2D eigenvalue weighted by atomic mass is 32.2. The maximum Gasteiger partial charge on any atom is 0.0426 e. The van der Waals surface area contributed by atoms with Gasteiger partial charge in [0, 0.05) is 16.7 Å². The van der Waals surface area contributed by atoms with Crippen molar-refractivity contribution in [2.24, 2.45) is 11.3 Å². The van der Waals surface area contributed by atoms with E-state index in [1.807, 2.05) is 11.8 Å². The number of nitrogens with one attached hydrogen (secondary N) is 1. The van der Waals surface area contributed by atoms with E-state index in [1.54, 1.807) is 0 Å². The average Bonchev–Trinajstić information content (AvgIpc) is 2.73. The molecule has 16 heavy (non-hydrogen) atoms. The molecule has 1 N–H and O–H groups in total. The average molecular weight is 233 g/mol. The van der Waals surface area contributed by atoms with Crippen molar-refractivity contribution < 1.29 is 0 Å². The van der Waals surface area contributed by atoms with Gasteiger partial charge in [-0.25, -0.2) is 0 Å². The van der Waals surface area contributed by atoms with Gasteiger partial charge in [-0.05, 0) is 35.9 Å². The van der Waals surface area contributed by atoms with Crippen molar-refractivity contribution in [1.29, 1.82) is 0 Å². The lowest BCUT2D eigenvalue weighted by Crippen LogP contribution is -2.24. The number of rotatable bonds is 3. The second-order valence-corrected chi connectivity index (χ2v) is 6.76. The summed E-state index contributed by atoms with van der Waals surface area (Å²) in [6.07, 6.45) is 1.39. The van der Waals surface area contributed by atoms with Crippen molar-refractivity contribution in [1.82, 2.24) is 5.32 Å². The van der Waals surface area contributed by atoms with Crippen molar-refractivity contribution in [2.75, 3.05) is 12.3 Å². The molecule has 1 aromatic rings. The van der Waals surface area contributed by atoms with Gasteiger partial charge in [-0.3, -0.25) is 0 Å². The molecule has 1 aromatic carbocycles. The minimum Gasteiger partial charge on any atom is -0.309 e. The summed E-state index contributed by atoms with van der Waals surface area (Å²) in [6, 6.07) is 9.38. The molecule has 1 saturated carbocycles. The number of hydrogen-bond donors (Lipinski definition) is 1. The van der Waals surface area contributed by atoms with Crippen LogP contribution in [0.2, 0.25) is 0 Å². The van der Waals surface area contributed by atoms with Gasteiger partial charge in [-0.1, -0.05) is 32.0 Å². The van der Waals surface area contributed by atoms with Gasteiger partial charge in [0.05, 0.1) is 0 Å². The van der Waals surface area contributed by atoms with Crippen LogP contribution in [-0.2, 0) is 0 Å². The zero-order chi connectivity index (χ0) is 11.2. The molecule has 0 saturated heterocycles. The smallest absolute Gasteiger partial charge is 0.0426 e. The van der Waals surface area contributed by atoms with E-state index in [4.69, 9.17) is 0 Å². The molecule has 1 aliphatic carbocycles. The first kappa shape index (κ1) is 10.7. The van der Waals surface area contributed by atoms with Crippen LogP contribution >= 0.6 is 11.8 Å². The summed E-state index contributed by atoms with van der Waals surface area (Å²) in [6.45, 7) is 5.93. The van der Waals surface area contributed by atoms with Gasteiger partial charge in [0.15, 0.2) is 0 Å². The third-order valence-corrected chi connectivity index (χ3v) is 5.21. The Balaban J connectivity index is 1.61. The molecule has 2 aliphatic rings. The summed E-state index contributed by atoms with van der Waals surface area (Å²) in [5.41, 5.74) is 2.10. The largest absolute Gasteiger partial charge is 0.309 e. The standard InChI is InChI=1S/C14H19NS/c1-14(2)7-10(14)8-15-12-9-16-13-6-4-3-5-11(12)13/h3-6,10,12,15H,7-9H2,1-2H3. The first-order chi connectivity index (χ1) is 7.67. The second kappa shape index (κ2) is 3.78. The predicted octanol–water partition coefficient (Wildman–Crippen LogP) is 3.47. The first-order valence-electron chi connectivity index (χ1n) is 6.12. The van der Waals surface area contributed by atoms with Crippen molar-refractivity contribution in [2.45, 2.75) is 31.2 Å². The Morgan fingerprint density at radius 3 is 2.88 bits per heavy atom. The molecule has 1 nitrogen and oxygen atoms in total. The highest BCUT2D eigenvalue weighted by molar-refractivity contribution is 7.99. The summed E-state index contributed by atoms with van der Waals surface area (Å²) in [5.74, 6) is 2.09. The van der Waals surface area contributed by atoms with E-state index in [0.29, 0.717) is 11.5 Å². The Kier molecular flexibility index (Phi) is 2.52. The molecule has 2 unspecified atom stereocenters. The number of fused-ring (bicyclic) bond motifs is 1. The fourth-order valence-corrected chi connectivity index (χ4v) is 3.74. The zero-order valence-corrected chi connectivity index (χ0v) is 10.8. The Labute approximate surface area is 102 Å². The molecule has 1 aliphatic heterocycles. The molecule has 0 spiro atoms. The van der Waals surface area contributed by atoms with Crippen LogP contribution in [0, 0.1) is 11.3 Å². The van der Waals surface area contributed by atoms with E-state index in [9.17, 15) is 0 Å². The topological polar surface area (TPSA) is 12.0 Å². The number of thioether (sulfide) groups is 1. The van der Waals surface area contributed by atoms with Crippen molar-refractivity contribution in [3.63, 3.8) is 0 Å². The third-order valence-electron chi connectivity index (χ3n) is 4.03. The Morgan fingerprint density at radius 1 is 1.38 bits per heavy atom. The highest BCUT2D eigenvalue weighted by Crippen LogP contribution is 2.51. The van der Waals surface area contributed by atoms with Crippen LogP contribution < -0.4 is 5.32 Å². The Morgan fingerprint density at radius 2 is 2.12 bits per heavy atom. The van der Waals surface area contributed by atoms with Gasteiger partial charge in [0.25, 0.3) is 0 Å². The minimum absolute atomic E-state index is 0.581. The monoisotopic (exact) mass is 233 g/mol. The minimum atomic E-state index is 0.581. The van der Waals surface area contributed by atoms with E-state index in [-0.39, 0.29) is 0 Å². The fraction of sp³-hybridized carbons (Fsp3) is 0.571. The quantitative estimate of drug-likeness (QED) is 0.858. The summed E-state index contributed by atoms with van der Waals surface area (Å²) in [4.78, 5) is 1.47. The van der Waals surface area contributed by atoms with Gasteiger partial charge in [0.1, 0.15) is 0 Å². The lowest BCUT2D eigenvalue weighted by Gasteiger charge is -2.13. The van der Waals surface area contributed by atoms with Crippen LogP contribution in [0.5, 0.6) is 0 Å². The molecule has 0 radical (unpaired) electrons. The molecular formula is C14H19NS. The van der Waals surface area contributed by atoms with E-state index in [0.717, 1.165) is 5.92 Å². The Bertz CT molecular complexity index is 399. The van der Waals surface area contributed by atoms with E-state index in [2.05, 4.69) is 43.4 Å². The molecule has 86 valence electrons. The van der Waals surface area contributed by atoms with Crippen molar-refractivity contribution in [3.05, 3.63) is 29.8 Å². The van der Waals surface area contributed by atoms with Crippen molar-refractivity contribution >= 4 is 11.8 Å². The molecule has 0 amide bonds. The van der Waals surface area contributed by atoms with Gasteiger partial charge in [-0.2, -0.15) is 0 Å². The third kappa shape index (κ3) is 1.89. The second-order valence-electron chi connectivity index (χ2n) is 5.70. The van der Waals surface area contributed by atoms with Crippen LogP contribution in [0.15, 0.2) is 29.2 Å². The summed E-state index contributed by atoms with van der Waals surface area (Å²) >= 11 is 1.99. The highest BCUT2D eigenvalue weighted by Gasteiger charge is 2.45. The van der Waals surface area contributed by atoms with Crippen molar-refractivity contribution in [3.8, 4) is 0 Å². The van der Waals surface area contributed by atoms with Gasteiger partial charge < -0.3 is 5.32 Å². The zero-order valence-electron chi connectivity index (χ0n) is 9.99.